The number of halogens is 1. The number of hydrogen-bond donors (Lipinski definition) is 1. The van der Waals surface area contributed by atoms with Gasteiger partial charge in [0.2, 0.25) is 5.91 Å². The zero-order valence-electron chi connectivity index (χ0n) is 21.9. The third-order valence-electron chi connectivity index (χ3n) is 6.61. The first kappa shape index (κ1) is 27.6. The van der Waals surface area contributed by atoms with Crippen molar-refractivity contribution in [3.05, 3.63) is 59.4 Å². The number of carbonyl (C=O) groups is 2. The maximum atomic E-state index is 13.9. The Kier molecular flexibility index (Phi) is 9.84. The molecule has 0 aliphatic carbocycles. The van der Waals surface area contributed by atoms with Crippen LogP contribution in [0.1, 0.15) is 49.5 Å². The van der Waals surface area contributed by atoms with Crippen molar-refractivity contribution in [3.63, 3.8) is 0 Å². The number of anilines is 1. The summed E-state index contributed by atoms with van der Waals surface area (Å²) >= 11 is 0. The molecule has 2 aromatic rings. The van der Waals surface area contributed by atoms with E-state index in [1.807, 2.05) is 13.0 Å². The van der Waals surface area contributed by atoms with Crippen molar-refractivity contribution in [3.8, 4) is 5.75 Å². The van der Waals surface area contributed by atoms with Gasteiger partial charge in [-0.05, 0) is 49.1 Å². The number of benzene rings is 2. The average Bonchev–Trinajstić information content (AvgIpc) is 2.84. The van der Waals surface area contributed by atoms with Crippen LogP contribution in [-0.2, 0) is 16.1 Å². The normalized spacial score (nSPS) is 21.7. The van der Waals surface area contributed by atoms with Crippen LogP contribution in [0.4, 0.5) is 10.1 Å². The Morgan fingerprint density at radius 2 is 1.97 bits per heavy atom. The lowest BCUT2D eigenvalue weighted by Gasteiger charge is -2.36. The lowest BCUT2D eigenvalue weighted by molar-refractivity contribution is -0.116. The van der Waals surface area contributed by atoms with Crippen molar-refractivity contribution < 1.29 is 23.5 Å². The number of nitrogens with zero attached hydrogens (tertiary/aromatic N) is 2. The van der Waals surface area contributed by atoms with Crippen molar-refractivity contribution in [1.82, 2.24) is 9.80 Å². The fraction of sp³-hybridized carbons (Fsp3) is 0.500. The number of carbonyl (C=O) groups excluding carboxylic acids is 2. The van der Waals surface area contributed by atoms with E-state index in [1.54, 1.807) is 49.4 Å². The molecule has 0 aromatic heterocycles. The number of ether oxygens (including phenoxy) is 2. The highest BCUT2D eigenvalue weighted by molar-refractivity contribution is 5.98. The molecule has 3 atom stereocenters. The molecule has 0 unspecified atom stereocenters. The summed E-state index contributed by atoms with van der Waals surface area (Å²) in [7, 11) is 3.41. The van der Waals surface area contributed by atoms with Gasteiger partial charge in [0.05, 0.1) is 11.7 Å². The molecule has 1 heterocycles. The minimum atomic E-state index is -0.264. The van der Waals surface area contributed by atoms with Crippen LogP contribution in [0.5, 0.6) is 5.75 Å². The van der Waals surface area contributed by atoms with Gasteiger partial charge in [0.25, 0.3) is 5.91 Å². The van der Waals surface area contributed by atoms with E-state index in [-0.39, 0.29) is 35.7 Å². The number of rotatable bonds is 6. The SMILES string of the molecule is CCCC(=O)Nc1ccc2c(c1)OC[C@H](C)N(Cc1cccc(F)c1)C[C@H](C)[C@H](OC)CN(C)C2=O. The summed E-state index contributed by atoms with van der Waals surface area (Å²) in [5.41, 5.74) is 1.89. The summed E-state index contributed by atoms with van der Waals surface area (Å²) in [6.07, 6.45) is 0.980. The third kappa shape index (κ3) is 7.27. The molecule has 8 heteroatoms. The van der Waals surface area contributed by atoms with Gasteiger partial charge in [-0.1, -0.05) is 26.0 Å². The maximum absolute atomic E-state index is 13.9. The smallest absolute Gasteiger partial charge is 0.257 e. The van der Waals surface area contributed by atoms with E-state index in [1.165, 1.54) is 6.07 Å². The Balaban J connectivity index is 1.93. The fourth-order valence-corrected chi connectivity index (χ4v) is 4.47. The molecular formula is C28H38FN3O4. The highest BCUT2D eigenvalue weighted by Crippen LogP contribution is 2.27. The van der Waals surface area contributed by atoms with Crippen LogP contribution in [0.15, 0.2) is 42.5 Å². The number of methoxy groups -OCH3 is 1. The molecule has 0 saturated heterocycles. The van der Waals surface area contributed by atoms with Crippen molar-refractivity contribution >= 4 is 17.5 Å². The Morgan fingerprint density at radius 3 is 2.67 bits per heavy atom. The number of likely N-dealkylation sites (N-methyl/N-ethyl adjacent to an activating group) is 1. The van der Waals surface area contributed by atoms with Gasteiger partial charge in [0, 0.05) is 58.0 Å². The first-order valence-corrected chi connectivity index (χ1v) is 12.5. The summed E-state index contributed by atoms with van der Waals surface area (Å²) in [5.74, 6) is 0.00836. The molecule has 1 aliphatic heterocycles. The van der Waals surface area contributed by atoms with E-state index in [2.05, 4.69) is 24.1 Å². The van der Waals surface area contributed by atoms with Crippen molar-refractivity contribution in [2.24, 2.45) is 5.92 Å². The van der Waals surface area contributed by atoms with Crippen molar-refractivity contribution in [1.29, 1.82) is 0 Å². The van der Waals surface area contributed by atoms with Gasteiger partial charge in [-0.15, -0.1) is 0 Å². The summed E-state index contributed by atoms with van der Waals surface area (Å²) in [5, 5.41) is 2.88. The topological polar surface area (TPSA) is 71.1 Å². The first-order valence-electron chi connectivity index (χ1n) is 12.5. The number of nitrogens with one attached hydrogen (secondary N) is 1. The minimum Gasteiger partial charge on any atom is -0.491 e. The highest BCUT2D eigenvalue weighted by Gasteiger charge is 2.28. The van der Waals surface area contributed by atoms with Gasteiger partial charge in [-0.3, -0.25) is 14.5 Å². The fourth-order valence-electron chi connectivity index (χ4n) is 4.47. The molecule has 2 aromatic carbocycles. The number of amides is 2. The van der Waals surface area contributed by atoms with Crippen LogP contribution < -0.4 is 10.1 Å². The first-order chi connectivity index (χ1) is 17.2. The second-order valence-corrected chi connectivity index (χ2v) is 9.67. The lowest BCUT2D eigenvalue weighted by atomic mass is 10.0. The van der Waals surface area contributed by atoms with E-state index in [4.69, 9.17) is 9.47 Å². The molecule has 7 nitrogen and oxygen atoms in total. The van der Waals surface area contributed by atoms with Crippen LogP contribution in [-0.4, -0.2) is 67.6 Å². The quantitative estimate of drug-likeness (QED) is 0.631. The molecule has 0 radical (unpaired) electrons. The van der Waals surface area contributed by atoms with Crippen LogP contribution in [0.25, 0.3) is 0 Å². The third-order valence-corrected chi connectivity index (χ3v) is 6.61. The zero-order chi connectivity index (χ0) is 26.2. The van der Waals surface area contributed by atoms with Crippen LogP contribution >= 0.6 is 0 Å². The van der Waals surface area contributed by atoms with E-state index in [9.17, 15) is 14.0 Å². The highest BCUT2D eigenvalue weighted by atomic mass is 19.1. The van der Waals surface area contributed by atoms with Gasteiger partial charge in [0.1, 0.15) is 18.2 Å². The Hall–Kier alpha value is -2.97. The second kappa shape index (κ2) is 12.8. The molecule has 0 fully saturated rings. The molecule has 1 N–H and O–H groups in total. The molecule has 0 saturated carbocycles. The van der Waals surface area contributed by atoms with Gasteiger partial charge < -0.3 is 19.7 Å². The summed E-state index contributed by atoms with van der Waals surface area (Å²) in [6.45, 7) is 8.06. The molecule has 2 amide bonds. The molecule has 1 aliphatic rings. The van der Waals surface area contributed by atoms with Crippen molar-refractivity contribution in [2.45, 2.75) is 52.3 Å². The minimum absolute atomic E-state index is 0.0355. The largest absolute Gasteiger partial charge is 0.491 e. The Bertz CT molecular complexity index is 1050. The van der Waals surface area contributed by atoms with Gasteiger partial charge >= 0.3 is 0 Å². The monoisotopic (exact) mass is 499 g/mol. The lowest BCUT2D eigenvalue weighted by Crippen LogP contribution is -2.46. The van der Waals surface area contributed by atoms with Crippen LogP contribution in [0, 0.1) is 11.7 Å². The second-order valence-electron chi connectivity index (χ2n) is 9.67. The standard InChI is InChI=1S/C28H38FN3O4/c1-6-8-27(33)30-23-11-12-24-25(14-23)36-18-20(3)32(16-21-9-7-10-22(29)13-21)15-19(2)26(35-5)17-31(4)28(24)34/h7,9-14,19-20,26H,6,8,15-18H2,1-5H3,(H,30,33)/t19-,20-,26+/m0/s1. The van der Waals surface area contributed by atoms with Gasteiger partial charge in [0.15, 0.2) is 0 Å². The van der Waals surface area contributed by atoms with E-state index < -0.39 is 0 Å². The molecule has 0 bridgehead atoms. The predicted octanol–water partition coefficient (Wildman–Crippen LogP) is 4.57. The predicted molar refractivity (Wildman–Crippen MR) is 139 cm³/mol. The molecule has 0 spiro atoms. The Morgan fingerprint density at radius 1 is 1.19 bits per heavy atom. The molecule has 3 rings (SSSR count). The maximum Gasteiger partial charge on any atom is 0.257 e. The summed E-state index contributed by atoms with van der Waals surface area (Å²) in [6, 6.07) is 11.7. The van der Waals surface area contributed by atoms with Crippen LogP contribution in [0.3, 0.4) is 0 Å². The Labute approximate surface area is 213 Å². The average molecular weight is 500 g/mol. The van der Waals surface area contributed by atoms with Gasteiger partial charge in [-0.2, -0.15) is 0 Å². The van der Waals surface area contributed by atoms with Gasteiger partial charge in [-0.25, -0.2) is 4.39 Å². The zero-order valence-corrected chi connectivity index (χ0v) is 21.9. The van der Waals surface area contributed by atoms with E-state index in [0.29, 0.717) is 49.7 Å². The number of hydrogen-bond acceptors (Lipinski definition) is 5. The van der Waals surface area contributed by atoms with E-state index in [0.717, 1.165) is 12.0 Å². The summed E-state index contributed by atoms with van der Waals surface area (Å²) < 4.78 is 25.9. The number of fused-ring (bicyclic) bond motifs is 1. The van der Waals surface area contributed by atoms with Crippen LogP contribution in [0.2, 0.25) is 0 Å². The summed E-state index contributed by atoms with van der Waals surface area (Å²) in [4.78, 5) is 29.3. The van der Waals surface area contributed by atoms with E-state index >= 15 is 0 Å². The van der Waals surface area contributed by atoms with Crippen molar-refractivity contribution in [2.75, 3.05) is 39.2 Å². The molecular weight excluding hydrogens is 461 g/mol. The molecule has 196 valence electrons. The molecule has 36 heavy (non-hydrogen) atoms.